The highest BCUT2D eigenvalue weighted by Gasteiger charge is 2.00. The van der Waals surface area contributed by atoms with Crippen LogP contribution < -0.4 is 0 Å². The molecular formula is C16H16O2. The number of aryl methyl sites for hydroxylation is 1. The molecule has 0 unspecified atom stereocenters. The molecule has 0 fully saturated rings. The first-order valence-corrected chi connectivity index (χ1v) is 5.99. The lowest BCUT2D eigenvalue weighted by Gasteiger charge is -2.06. The molecule has 92 valence electrons. The highest BCUT2D eigenvalue weighted by atomic mass is 17.0. The van der Waals surface area contributed by atoms with Gasteiger partial charge in [0.15, 0.2) is 0 Å². The smallest absolute Gasteiger partial charge is 0.0146 e. The summed E-state index contributed by atoms with van der Waals surface area (Å²) in [5.74, 6) is 0. The molecule has 0 radical (unpaired) electrons. The van der Waals surface area contributed by atoms with Crippen LogP contribution in [0.3, 0.4) is 0 Å². The van der Waals surface area contributed by atoms with E-state index in [1.165, 1.54) is 27.1 Å². The summed E-state index contributed by atoms with van der Waals surface area (Å²) in [6.07, 6.45) is 1.09. The molecule has 0 saturated carbocycles. The van der Waals surface area contributed by atoms with E-state index in [2.05, 4.69) is 61.5 Å². The van der Waals surface area contributed by atoms with Crippen LogP contribution in [-0.2, 0) is 6.42 Å². The zero-order chi connectivity index (χ0) is 13.0. The van der Waals surface area contributed by atoms with Crippen molar-refractivity contribution in [2.45, 2.75) is 13.3 Å². The van der Waals surface area contributed by atoms with E-state index >= 15 is 0 Å². The molecule has 0 heterocycles. The van der Waals surface area contributed by atoms with Gasteiger partial charge in [0.1, 0.15) is 0 Å². The van der Waals surface area contributed by atoms with Crippen molar-refractivity contribution in [1.29, 1.82) is 0 Å². The average Bonchev–Trinajstić information content (AvgIpc) is 2.46. The zero-order valence-corrected chi connectivity index (χ0v) is 10.3. The lowest BCUT2D eigenvalue weighted by atomic mass is 9.99. The van der Waals surface area contributed by atoms with Gasteiger partial charge in [0.2, 0.25) is 0 Å². The Morgan fingerprint density at radius 3 is 2.06 bits per heavy atom. The third kappa shape index (κ3) is 2.21. The molecule has 3 aromatic rings. The summed E-state index contributed by atoms with van der Waals surface area (Å²) in [7, 11) is 0. The van der Waals surface area contributed by atoms with Gasteiger partial charge in [-0.2, -0.15) is 0 Å². The van der Waals surface area contributed by atoms with Crippen molar-refractivity contribution in [2.75, 3.05) is 0 Å². The monoisotopic (exact) mass is 240 g/mol. The van der Waals surface area contributed by atoms with E-state index in [1.54, 1.807) is 0 Å². The second-order valence-electron chi connectivity index (χ2n) is 4.19. The van der Waals surface area contributed by atoms with E-state index in [1.807, 2.05) is 0 Å². The summed E-state index contributed by atoms with van der Waals surface area (Å²) < 4.78 is 0. The van der Waals surface area contributed by atoms with E-state index in [0.29, 0.717) is 0 Å². The summed E-state index contributed by atoms with van der Waals surface area (Å²) in [5, 5.41) is 17.4. The average molecular weight is 240 g/mol. The topological polar surface area (TPSA) is 40.5 Å². The standard InChI is InChI=1S/C16H14.H2O2/c1-2-12-8-5-9-15-10-13-6-3-4-7-14(13)11-16(12)15;1-2/h3-11H,2H2,1H3;1-2H. The Labute approximate surface area is 106 Å². The third-order valence-corrected chi connectivity index (χ3v) is 3.22. The molecule has 0 amide bonds. The first-order valence-electron chi connectivity index (χ1n) is 5.99. The minimum Gasteiger partial charge on any atom is -0.255 e. The number of hydrogen-bond acceptors (Lipinski definition) is 2. The van der Waals surface area contributed by atoms with Crippen molar-refractivity contribution >= 4 is 21.5 Å². The Balaban J connectivity index is 0.000000574. The highest BCUT2D eigenvalue weighted by Crippen LogP contribution is 2.25. The zero-order valence-electron chi connectivity index (χ0n) is 10.3. The lowest BCUT2D eigenvalue weighted by molar-refractivity contribution is -0.176. The molecule has 0 aliphatic rings. The van der Waals surface area contributed by atoms with Crippen LogP contribution in [0.5, 0.6) is 0 Å². The Hall–Kier alpha value is -1.90. The molecular weight excluding hydrogens is 224 g/mol. The van der Waals surface area contributed by atoms with E-state index in [9.17, 15) is 0 Å². The molecule has 0 aromatic heterocycles. The summed E-state index contributed by atoms with van der Waals surface area (Å²) >= 11 is 0. The van der Waals surface area contributed by atoms with Crippen molar-refractivity contribution in [3.05, 3.63) is 60.2 Å². The molecule has 2 N–H and O–H groups in total. The fourth-order valence-corrected chi connectivity index (χ4v) is 2.34. The van der Waals surface area contributed by atoms with Crippen LogP contribution in [0.25, 0.3) is 21.5 Å². The van der Waals surface area contributed by atoms with Crippen molar-refractivity contribution in [3.63, 3.8) is 0 Å². The van der Waals surface area contributed by atoms with Gasteiger partial charge in [-0.25, -0.2) is 0 Å². The van der Waals surface area contributed by atoms with Crippen molar-refractivity contribution in [1.82, 2.24) is 0 Å². The number of rotatable bonds is 1. The molecule has 0 aliphatic heterocycles. The van der Waals surface area contributed by atoms with Gasteiger partial charge < -0.3 is 0 Å². The van der Waals surface area contributed by atoms with Gasteiger partial charge in [0.05, 0.1) is 0 Å². The summed E-state index contributed by atoms with van der Waals surface area (Å²) in [5.41, 5.74) is 1.43. The molecule has 0 aliphatic carbocycles. The summed E-state index contributed by atoms with van der Waals surface area (Å²) in [4.78, 5) is 0. The lowest BCUT2D eigenvalue weighted by Crippen LogP contribution is -1.83. The van der Waals surface area contributed by atoms with Gasteiger partial charge in [-0.15, -0.1) is 0 Å². The number of benzene rings is 3. The SMILES string of the molecule is CCc1cccc2cc3ccccc3cc12.OO. The van der Waals surface area contributed by atoms with Crippen LogP contribution in [-0.4, -0.2) is 10.5 Å². The molecule has 0 bridgehead atoms. The highest BCUT2D eigenvalue weighted by molar-refractivity contribution is 5.99. The van der Waals surface area contributed by atoms with Crippen LogP contribution in [0.2, 0.25) is 0 Å². The Kier molecular flexibility index (Phi) is 3.92. The Morgan fingerprint density at radius 2 is 1.39 bits per heavy atom. The van der Waals surface area contributed by atoms with Crippen LogP contribution in [0.4, 0.5) is 0 Å². The largest absolute Gasteiger partial charge is 0.255 e. The van der Waals surface area contributed by atoms with E-state index in [4.69, 9.17) is 10.5 Å². The van der Waals surface area contributed by atoms with E-state index in [-0.39, 0.29) is 0 Å². The van der Waals surface area contributed by atoms with Gasteiger partial charge in [0, 0.05) is 0 Å². The molecule has 0 atom stereocenters. The molecule has 2 heteroatoms. The number of fused-ring (bicyclic) bond motifs is 2. The van der Waals surface area contributed by atoms with E-state index in [0.717, 1.165) is 6.42 Å². The minimum absolute atomic E-state index is 1.09. The molecule has 3 aromatic carbocycles. The van der Waals surface area contributed by atoms with Crippen LogP contribution in [0.1, 0.15) is 12.5 Å². The third-order valence-electron chi connectivity index (χ3n) is 3.22. The first kappa shape index (κ1) is 12.6. The fourth-order valence-electron chi connectivity index (χ4n) is 2.34. The molecule has 2 nitrogen and oxygen atoms in total. The van der Waals surface area contributed by atoms with Gasteiger partial charge in [0.25, 0.3) is 0 Å². The molecule has 18 heavy (non-hydrogen) atoms. The predicted molar refractivity (Wildman–Crippen MR) is 76.1 cm³/mol. The second kappa shape index (κ2) is 5.63. The van der Waals surface area contributed by atoms with E-state index < -0.39 is 0 Å². The van der Waals surface area contributed by atoms with Gasteiger partial charge in [-0.3, -0.25) is 10.5 Å². The fraction of sp³-hybridized carbons (Fsp3) is 0.125. The molecule has 0 saturated heterocycles. The maximum atomic E-state index is 6.00. The normalized spacial score (nSPS) is 10.2. The van der Waals surface area contributed by atoms with Gasteiger partial charge in [-0.05, 0) is 45.7 Å². The Morgan fingerprint density at radius 1 is 0.778 bits per heavy atom. The number of hydrogen-bond donors (Lipinski definition) is 2. The molecule has 3 rings (SSSR count). The van der Waals surface area contributed by atoms with Crippen LogP contribution in [0.15, 0.2) is 54.6 Å². The predicted octanol–water partition coefficient (Wildman–Crippen LogP) is 4.57. The second-order valence-corrected chi connectivity index (χ2v) is 4.19. The van der Waals surface area contributed by atoms with Crippen LogP contribution in [0, 0.1) is 0 Å². The Bertz CT molecular complexity index is 659. The molecule has 0 spiro atoms. The summed E-state index contributed by atoms with van der Waals surface area (Å²) in [6, 6.07) is 19.7. The van der Waals surface area contributed by atoms with Crippen molar-refractivity contribution in [2.24, 2.45) is 0 Å². The first-order chi connectivity index (χ1) is 8.88. The minimum atomic E-state index is 1.09. The van der Waals surface area contributed by atoms with Gasteiger partial charge >= 0.3 is 0 Å². The quantitative estimate of drug-likeness (QED) is 0.371. The van der Waals surface area contributed by atoms with Crippen LogP contribution >= 0.6 is 0 Å². The maximum Gasteiger partial charge on any atom is -0.0146 e. The van der Waals surface area contributed by atoms with Crippen molar-refractivity contribution in [3.8, 4) is 0 Å². The maximum absolute atomic E-state index is 6.00. The van der Waals surface area contributed by atoms with Gasteiger partial charge in [-0.1, -0.05) is 49.4 Å². The summed E-state index contributed by atoms with van der Waals surface area (Å²) in [6.45, 7) is 2.21. The van der Waals surface area contributed by atoms with Crippen molar-refractivity contribution < 1.29 is 10.5 Å².